The highest BCUT2D eigenvalue weighted by atomic mass is 16.1. The molecule has 116 valence electrons. The Morgan fingerprint density at radius 1 is 1.14 bits per heavy atom. The van der Waals surface area contributed by atoms with Crippen molar-refractivity contribution in [1.29, 1.82) is 0 Å². The highest BCUT2D eigenvalue weighted by molar-refractivity contribution is 5.97. The van der Waals surface area contributed by atoms with Gasteiger partial charge in [0.1, 0.15) is 0 Å². The van der Waals surface area contributed by atoms with Gasteiger partial charge >= 0.3 is 0 Å². The smallest absolute Gasteiger partial charge is 0.252 e. The van der Waals surface area contributed by atoms with Crippen molar-refractivity contribution in [3.05, 3.63) is 42.1 Å². The number of hydrogen-bond donors (Lipinski definition) is 1. The molecular formula is C18H23N3O. The van der Waals surface area contributed by atoms with Crippen LogP contribution in [0.5, 0.6) is 0 Å². The van der Waals surface area contributed by atoms with Gasteiger partial charge in [-0.1, -0.05) is 31.0 Å². The second kappa shape index (κ2) is 7.36. The molecule has 0 aliphatic carbocycles. The average molecular weight is 297 g/mol. The molecule has 2 aromatic rings. The fourth-order valence-corrected chi connectivity index (χ4v) is 2.98. The molecule has 22 heavy (non-hydrogen) atoms. The zero-order chi connectivity index (χ0) is 15.2. The van der Waals surface area contributed by atoms with Crippen LogP contribution in [0.15, 0.2) is 36.5 Å². The summed E-state index contributed by atoms with van der Waals surface area (Å²) in [5.74, 6) is -0.0342. The molecular weight excluding hydrogens is 274 g/mol. The molecule has 4 heteroatoms. The summed E-state index contributed by atoms with van der Waals surface area (Å²) in [5.41, 5.74) is 1.55. The average Bonchev–Trinajstić information content (AvgIpc) is 2.83. The summed E-state index contributed by atoms with van der Waals surface area (Å²) in [6, 6.07) is 9.76. The van der Waals surface area contributed by atoms with Crippen LogP contribution in [0.1, 0.15) is 36.0 Å². The molecule has 1 fully saturated rings. The Bertz CT molecular complexity index is 633. The lowest BCUT2D eigenvalue weighted by Crippen LogP contribution is -2.35. The first-order valence-electron chi connectivity index (χ1n) is 8.18. The molecule has 1 saturated heterocycles. The van der Waals surface area contributed by atoms with Crippen molar-refractivity contribution in [2.24, 2.45) is 0 Å². The lowest BCUT2D eigenvalue weighted by Gasteiger charge is -2.19. The van der Waals surface area contributed by atoms with E-state index in [1.54, 1.807) is 6.20 Å². The summed E-state index contributed by atoms with van der Waals surface area (Å²) in [6.45, 7) is 3.96. The Morgan fingerprint density at radius 2 is 1.91 bits per heavy atom. The van der Waals surface area contributed by atoms with Crippen LogP contribution >= 0.6 is 0 Å². The van der Waals surface area contributed by atoms with Crippen LogP contribution in [-0.2, 0) is 0 Å². The zero-order valence-corrected chi connectivity index (χ0v) is 12.9. The molecule has 0 unspecified atom stereocenters. The Balaban J connectivity index is 1.54. The van der Waals surface area contributed by atoms with E-state index in [1.165, 1.54) is 25.7 Å². The molecule has 1 amide bonds. The molecule has 1 N–H and O–H groups in total. The lowest BCUT2D eigenvalue weighted by atomic mass is 10.1. The summed E-state index contributed by atoms with van der Waals surface area (Å²) in [7, 11) is 0. The zero-order valence-electron chi connectivity index (χ0n) is 12.9. The van der Waals surface area contributed by atoms with Crippen molar-refractivity contribution in [2.75, 3.05) is 26.2 Å². The minimum atomic E-state index is -0.0342. The Morgan fingerprint density at radius 3 is 2.73 bits per heavy atom. The first-order valence-corrected chi connectivity index (χ1v) is 8.18. The second-order valence-electron chi connectivity index (χ2n) is 5.93. The van der Waals surface area contributed by atoms with E-state index >= 15 is 0 Å². The Kier molecular flexibility index (Phi) is 5.01. The highest BCUT2D eigenvalue weighted by Crippen LogP contribution is 2.12. The number of para-hydroxylation sites is 1. The molecule has 0 radical (unpaired) electrons. The van der Waals surface area contributed by atoms with Gasteiger partial charge in [0.05, 0.1) is 11.1 Å². The monoisotopic (exact) mass is 297 g/mol. The Labute approximate surface area is 131 Å². The number of benzene rings is 1. The van der Waals surface area contributed by atoms with Crippen LogP contribution < -0.4 is 5.32 Å². The Hall–Kier alpha value is -1.94. The van der Waals surface area contributed by atoms with Crippen LogP contribution in [0.25, 0.3) is 10.9 Å². The third kappa shape index (κ3) is 3.83. The number of hydrogen-bond acceptors (Lipinski definition) is 3. The van der Waals surface area contributed by atoms with E-state index < -0.39 is 0 Å². The standard InChI is InChI=1S/C18H23N3O/c22-18(19-9-12-21-10-5-1-2-6-11-21)16-13-15-7-3-4-8-17(15)20-14-16/h3-4,7-8,13-14H,1-2,5-6,9-12H2,(H,19,22). The van der Waals surface area contributed by atoms with Gasteiger partial charge in [-0.05, 0) is 38.1 Å². The third-order valence-corrected chi connectivity index (χ3v) is 4.26. The van der Waals surface area contributed by atoms with Gasteiger partial charge < -0.3 is 10.2 Å². The van der Waals surface area contributed by atoms with Gasteiger partial charge in [0.25, 0.3) is 5.91 Å². The van der Waals surface area contributed by atoms with Gasteiger partial charge in [0, 0.05) is 24.7 Å². The number of carbonyl (C=O) groups excluding carboxylic acids is 1. The van der Waals surface area contributed by atoms with Crippen molar-refractivity contribution in [3.8, 4) is 0 Å². The number of nitrogens with one attached hydrogen (secondary N) is 1. The van der Waals surface area contributed by atoms with E-state index in [0.29, 0.717) is 12.1 Å². The summed E-state index contributed by atoms with van der Waals surface area (Å²) in [6.07, 6.45) is 6.89. The number of aromatic nitrogens is 1. The SMILES string of the molecule is O=C(NCCN1CCCCCC1)c1cnc2ccccc2c1. The quantitative estimate of drug-likeness (QED) is 0.944. The van der Waals surface area contributed by atoms with E-state index in [9.17, 15) is 4.79 Å². The third-order valence-electron chi connectivity index (χ3n) is 4.26. The molecule has 3 rings (SSSR count). The van der Waals surface area contributed by atoms with Gasteiger partial charge in [0.2, 0.25) is 0 Å². The number of amides is 1. The molecule has 0 bridgehead atoms. The van der Waals surface area contributed by atoms with Crippen LogP contribution in [0, 0.1) is 0 Å². The molecule has 1 aliphatic heterocycles. The predicted molar refractivity (Wildman–Crippen MR) is 89.0 cm³/mol. The maximum Gasteiger partial charge on any atom is 0.252 e. The molecule has 1 aliphatic rings. The predicted octanol–water partition coefficient (Wildman–Crippen LogP) is 2.84. The van der Waals surface area contributed by atoms with Crippen molar-refractivity contribution in [2.45, 2.75) is 25.7 Å². The first-order chi connectivity index (χ1) is 10.8. The number of nitrogens with zero attached hydrogens (tertiary/aromatic N) is 2. The van der Waals surface area contributed by atoms with E-state index in [4.69, 9.17) is 0 Å². The maximum absolute atomic E-state index is 12.2. The fourth-order valence-electron chi connectivity index (χ4n) is 2.98. The number of fused-ring (bicyclic) bond motifs is 1. The van der Waals surface area contributed by atoms with Crippen molar-refractivity contribution >= 4 is 16.8 Å². The summed E-state index contributed by atoms with van der Waals surface area (Å²) >= 11 is 0. The largest absolute Gasteiger partial charge is 0.351 e. The summed E-state index contributed by atoms with van der Waals surface area (Å²) in [5, 5.41) is 4.01. The molecule has 1 aromatic carbocycles. The normalized spacial score (nSPS) is 16.4. The van der Waals surface area contributed by atoms with Crippen LogP contribution in [0.3, 0.4) is 0 Å². The number of likely N-dealkylation sites (tertiary alicyclic amines) is 1. The number of carbonyl (C=O) groups is 1. The molecule has 4 nitrogen and oxygen atoms in total. The topological polar surface area (TPSA) is 45.2 Å². The minimum Gasteiger partial charge on any atom is -0.351 e. The molecule has 0 saturated carbocycles. The van der Waals surface area contributed by atoms with E-state index in [0.717, 1.165) is 30.5 Å². The highest BCUT2D eigenvalue weighted by Gasteiger charge is 2.10. The fraction of sp³-hybridized carbons (Fsp3) is 0.444. The van der Waals surface area contributed by atoms with Crippen molar-refractivity contribution in [1.82, 2.24) is 15.2 Å². The summed E-state index contributed by atoms with van der Waals surface area (Å²) in [4.78, 5) is 19.0. The van der Waals surface area contributed by atoms with Crippen LogP contribution in [0.4, 0.5) is 0 Å². The van der Waals surface area contributed by atoms with Gasteiger partial charge in [0.15, 0.2) is 0 Å². The second-order valence-corrected chi connectivity index (χ2v) is 5.93. The lowest BCUT2D eigenvalue weighted by molar-refractivity contribution is 0.0948. The van der Waals surface area contributed by atoms with E-state index in [1.807, 2.05) is 30.3 Å². The molecule has 1 aromatic heterocycles. The van der Waals surface area contributed by atoms with E-state index in [2.05, 4.69) is 15.2 Å². The van der Waals surface area contributed by atoms with Crippen LogP contribution in [-0.4, -0.2) is 42.0 Å². The van der Waals surface area contributed by atoms with Crippen LogP contribution in [0.2, 0.25) is 0 Å². The maximum atomic E-state index is 12.2. The molecule has 2 heterocycles. The van der Waals surface area contributed by atoms with Gasteiger partial charge in [-0.25, -0.2) is 0 Å². The van der Waals surface area contributed by atoms with Crippen molar-refractivity contribution in [3.63, 3.8) is 0 Å². The van der Waals surface area contributed by atoms with Gasteiger partial charge in [-0.15, -0.1) is 0 Å². The van der Waals surface area contributed by atoms with Crippen molar-refractivity contribution < 1.29 is 4.79 Å². The molecule has 0 spiro atoms. The van der Waals surface area contributed by atoms with E-state index in [-0.39, 0.29) is 5.91 Å². The molecule has 0 atom stereocenters. The first kappa shape index (κ1) is 15.0. The summed E-state index contributed by atoms with van der Waals surface area (Å²) < 4.78 is 0. The minimum absolute atomic E-state index is 0.0342. The van der Waals surface area contributed by atoms with Gasteiger partial charge in [-0.3, -0.25) is 9.78 Å². The van der Waals surface area contributed by atoms with Gasteiger partial charge in [-0.2, -0.15) is 0 Å². The number of rotatable bonds is 4. The number of pyridine rings is 1.